The van der Waals surface area contributed by atoms with Crippen molar-refractivity contribution < 1.29 is 13.9 Å². The average Bonchev–Trinajstić information content (AvgIpc) is 3.07. The lowest BCUT2D eigenvalue weighted by molar-refractivity contribution is -0.115. The van der Waals surface area contributed by atoms with Crippen molar-refractivity contribution in [3.63, 3.8) is 0 Å². The summed E-state index contributed by atoms with van der Waals surface area (Å²) < 4.78 is 11.3. The smallest absolute Gasteiger partial charge is 0.263 e. The number of hydrogen-bond acceptors (Lipinski definition) is 5. The molecule has 1 aromatic carbocycles. The predicted molar refractivity (Wildman–Crippen MR) is 87.0 cm³/mol. The maximum absolute atomic E-state index is 11.6. The van der Waals surface area contributed by atoms with E-state index in [-0.39, 0.29) is 5.91 Å². The number of thioether (sulfide) groups is 1. The van der Waals surface area contributed by atoms with Crippen LogP contribution in [0.15, 0.2) is 45.7 Å². The Hall–Kier alpha value is -2.05. The Kier molecular flexibility index (Phi) is 3.81. The van der Waals surface area contributed by atoms with Crippen LogP contribution in [0.5, 0.6) is 5.75 Å². The molecule has 21 heavy (non-hydrogen) atoms. The van der Waals surface area contributed by atoms with Gasteiger partial charge in [0.15, 0.2) is 0 Å². The van der Waals surface area contributed by atoms with Gasteiger partial charge in [-0.1, -0.05) is 24.0 Å². The molecule has 0 radical (unpaired) electrons. The summed E-state index contributed by atoms with van der Waals surface area (Å²) in [5, 5.41) is 2.57. The number of carbonyl (C=O) groups is 1. The minimum absolute atomic E-state index is 0.188. The van der Waals surface area contributed by atoms with Gasteiger partial charge < -0.3 is 14.5 Å². The van der Waals surface area contributed by atoms with Crippen LogP contribution in [0.3, 0.4) is 0 Å². The molecular weight excluding hydrogens is 306 g/mol. The molecule has 3 rings (SSSR count). The van der Waals surface area contributed by atoms with Gasteiger partial charge in [0, 0.05) is 11.6 Å². The summed E-state index contributed by atoms with van der Waals surface area (Å²) in [6.07, 6.45) is 1.69. The molecule has 0 unspecified atom stereocenters. The molecule has 1 N–H and O–H groups in total. The summed E-state index contributed by atoms with van der Waals surface area (Å²) in [6, 6.07) is 11.3. The van der Waals surface area contributed by atoms with E-state index < -0.39 is 0 Å². The molecule has 2 heterocycles. The van der Waals surface area contributed by atoms with Crippen LogP contribution in [0, 0.1) is 0 Å². The predicted octanol–water partition coefficient (Wildman–Crippen LogP) is 3.44. The van der Waals surface area contributed by atoms with Gasteiger partial charge in [-0.15, -0.1) is 0 Å². The van der Waals surface area contributed by atoms with Crippen molar-refractivity contribution in [1.82, 2.24) is 5.32 Å². The summed E-state index contributed by atoms with van der Waals surface area (Å²) in [5.41, 5.74) is 0.944. The molecule has 1 aliphatic rings. The number of nitrogens with one attached hydrogen (secondary N) is 1. The lowest BCUT2D eigenvalue weighted by Crippen LogP contribution is -2.17. The fraction of sp³-hybridized carbons (Fsp3) is 0.0667. The first-order valence-electron chi connectivity index (χ1n) is 6.15. The molecule has 0 atom stereocenters. The largest absolute Gasteiger partial charge is 0.497 e. The van der Waals surface area contributed by atoms with Crippen LogP contribution in [0.1, 0.15) is 5.76 Å². The Labute approximate surface area is 131 Å². The first-order chi connectivity index (χ1) is 10.2. The highest BCUT2D eigenvalue weighted by molar-refractivity contribution is 8.26. The highest BCUT2D eigenvalue weighted by Gasteiger charge is 2.22. The Morgan fingerprint density at radius 3 is 2.62 bits per heavy atom. The monoisotopic (exact) mass is 317 g/mol. The average molecular weight is 317 g/mol. The number of amides is 1. The molecule has 2 aromatic rings. The van der Waals surface area contributed by atoms with E-state index in [0.717, 1.165) is 17.1 Å². The zero-order valence-electron chi connectivity index (χ0n) is 11.1. The number of thiocarbonyl (C=S) groups is 1. The van der Waals surface area contributed by atoms with Crippen LogP contribution in [-0.4, -0.2) is 17.3 Å². The first kappa shape index (κ1) is 13.9. The van der Waals surface area contributed by atoms with Gasteiger partial charge in [-0.3, -0.25) is 4.79 Å². The van der Waals surface area contributed by atoms with Gasteiger partial charge in [-0.05, 0) is 36.4 Å². The quantitative estimate of drug-likeness (QED) is 0.694. The molecule has 1 fully saturated rings. The van der Waals surface area contributed by atoms with Crippen LogP contribution in [0.4, 0.5) is 0 Å². The van der Waals surface area contributed by atoms with Crippen molar-refractivity contribution >= 4 is 40.3 Å². The third-order valence-electron chi connectivity index (χ3n) is 2.92. The summed E-state index contributed by atoms with van der Waals surface area (Å²) in [4.78, 5) is 12.1. The SMILES string of the molecule is COc1ccc(-c2ccc(/C=C3\SC(=S)NC3=O)o2)cc1. The van der Waals surface area contributed by atoms with Crippen molar-refractivity contribution in [1.29, 1.82) is 0 Å². The molecule has 0 saturated carbocycles. The van der Waals surface area contributed by atoms with Crippen LogP contribution in [0.25, 0.3) is 17.4 Å². The van der Waals surface area contributed by atoms with Crippen LogP contribution < -0.4 is 10.1 Å². The molecule has 1 saturated heterocycles. The van der Waals surface area contributed by atoms with Gasteiger partial charge in [0.25, 0.3) is 5.91 Å². The summed E-state index contributed by atoms with van der Waals surface area (Å²) in [5.74, 6) is 1.95. The fourth-order valence-electron chi connectivity index (χ4n) is 1.89. The Morgan fingerprint density at radius 1 is 1.24 bits per heavy atom. The Bertz CT molecular complexity index is 732. The second-order valence-electron chi connectivity index (χ2n) is 4.28. The van der Waals surface area contributed by atoms with E-state index in [2.05, 4.69) is 5.32 Å². The number of methoxy groups -OCH3 is 1. The third-order valence-corrected chi connectivity index (χ3v) is 4.08. The number of rotatable bonds is 3. The molecule has 106 valence electrons. The highest BCUT2D eigenvalue weighted by Crippen LogP contribution is 2.29. The Balaban J connectivity index is 1.84. The lowest BCUT2D eigenvalue weighted by Gasteiger charge is -2.00. The minimum Gasteiger partial charge on any atom is -0.497 e. The van der Waals surface area contributed by atoms with Gasteiger partial charge in [0.2, 0.25) is 0 Å². The number of furan rings is 1. The molecule has 1 aromatic heterocycles. The minimum atomic E-state index is -0.188. The molecule has 0 aliphatic carbocycles. The maximum Gasteiger partial charge on any atom is 0.263 e. The lowest BCUT2D eigenvalue weighted by atomic mass is 10.2. The van der Waals surface area contributed by atoms with Gasteiger partial charge >= 0.3 is 0 Å². The molecule has 0 bridgehead atoms. The molecule has 1 aliphatic heterocycles. The van der Waals surface area contributed by atoms with Gasteiger partial charge in [0.1, 0.15) is 21.6 Å². The maximum atomic E-state index is 11.6. The van der Waals surface area contributed by atoms with Crippen molar-refractivity contribution in [3.05, 3.63) is 47.1 Å². The van der Waals surface area contributed by atoms with Crippen molar-refractivity contribution in [3.8, 4) is 17.1 Å². The number of carbonyl (C=O) groups excluding carboxylic acids is 1. The van der Waals surface area contributed by atoms with Crippen LogP contribution in [-0.2, 0) is 4.79 Å². The zero-order valence-corrected chi connectivity index (χ0v) is 12.7. The highest BCUT2D eigenvalue weighted by atomic mass is 32.2. The number of benzene rings is 1. The van der Waals surface area contributed by atoms with Crippen molar-refractivity contribution in [2.24, 2.45) is 0 Å². The van der Waals surface area contributed by atoms with Gasteiger partial charge in [-0.25, -0.2) is 0 Å². The molecule has 0 spiro atoms. The summed E-state index contributed by atoms with van der Waals surface area (Å²) in [6.45, 7) is 0. The van der Waals surface area contributed by atoms with E-state index >= 15 is 0 Å². The number of hydrogen-bond donors (Lipinski definition) is 1. The van der Waals surface area contributed by atoms with Gasteiger partial charge in [0.05, 0.1) is 12.0 Å². The van der Waals surface area contributed by atoms with Crippen molar-refractivity contribution in [2.45, 2.75) is 0 Å². The van der Waals surface area contributed by atoms with E-state index in [0.29, 0.717) is 15.0 Å². The molecule has 4 nitrogen and oxygen atoms in total. The summed E-state index contributed by atoms with van der Waals surface area (Å²) >= 11 is 6.18. The van der Waals surface area contributed by atoms with E-state index in [1.54, 1.807) is 13.2 Å². The fourth-order valence-corrected chi connectivity index (χ4v) is 2.92. The standard InChI is InChI=1S/C15H11NO3S2/c1-18-10-4-2-9(3-5-10)12-7-6-11(19-12)8-13-14(17)16-15(20)21-13/h2-8H,1H3,(H,16,17,20)/b13-8-. The van der Waals surface area contributed by atoms with Crippen LogP contribution >= 0.6 is 24.0 Å². The zero-order chi connectivity index (χ0) is 14.8. The van der Waals surface area contributed by atoms with E-state index in [4.69, 9.17) is 21.4 Å². The molecule has 6 heteroatoms. The Morgan fingerprint density at radius 2 is 2.00 bits per heavy atom. The van der Waals surface area contributed by atoms with E-state index in [1.807, 2.05) is 36.4 Å². The number of ether oxygens (including phenoxy) is 1. The topological polar surface area (TPSA) is 51.5 Å². The third kappa shape index (κ3) is 3.01. The van der Waals surface area contributed by atoms with Crippen LogP contribution in [0.2, 0.25) is 0 Å². The van der Waals surface area contributed by atoms with Crippen molar-refractivity contribution in [2.75, 3.05) is 7.11 Å². The van der Waals surface area contributed by atoms with E-state index in [1.165, 1.54) is 11.8 Å². The second kappa shape index (κ2) is 5.75. The normalized spacial score (nSPS) is 16.3. The molecular formula is C15H11NO3S2. The summed E-state index contributed by atoms with van der Waals surface area (Å²) in [7, 11) is 1.63. The van der Waals surface area contributed by atoms with E-state index in [9.17, 15) is 4.79 Å². The molecule has 1 amide bonds. The first-order valence-corrected chi connectivity index (χ1v) is 7.37. The second-order valence-corrected chi connectivity index (χ2v) is 6.00. The van der Waals surface area contributed by atoms with Gasteiger partial charge in [-0.2, -0.15) is 0 Å².